The van der Waals surface area contributed by atoms with Crippen LogP contribution >= 0.6 is 0 Å². The van der Waals surface area contributed by atoms with Crippen LogP contribution in [-0.4, -0.2) is 34.3 Å². The van der Waals surface area contributed by atoms with Crippen LogP contribution in [0.3, 0.4) is 0 Å². The number of amides is 1. The zero-order valence-electron chi connectivity index (χ0n) is 14.8. The first kappa shape index (κ1) is 16.6. The molecule has 2 atom stereocenters. The topological polar surface area (TPSA) is 54.4 Å². The van der Waals surface area contributed by atoms with Gasteiger partial charge in [-0.1, -0.05) is 10.7 Å². The molecule has 0 spiro atoms. The molecule has 0 aromatic carbocycles. The van der Waals surface area contributed by atoms with E-state index in [4.69, 9.17) is 0 Å². The van der Waals surface area contributed by atoms with E-state index in [-0.39, 0.29) is 17.5 Å². The molecule has 0 bridgehead atoms. The smallest absolute Gasteiger partial charge is 0.253 e. The van der Waals surface area contributed by atoms with E-state index < -0.39 is 0 Å². The van der Waals surface area contributed by atoms with E-state index in [9.17, 15) is 4.79 Å². The summed E-state index contributed by atoms with van der Waals surface area (Å²) in [4.78, 5) is 16.9. The van der Waals surface area contributed by atoms with Gasteiger partial charge in [0.05, 0.1) is 17.3 Å². The summed E-state index contributed by atoms with van der Waals surface area (Å²) in [6, 6.07) is 4.21. The first-order valence-electron chi connectivity index (χ1n) is 8.39. The van der Waals surface area contributed by atoms with Gasteiger partial charge in [-0.15, -0.1) is 0 Å². The van der Waals surface area contributed by atoms with Gasteiger partial charge in [-0.3, -0.25) is 9.78 Å². The number of rotatable bonds is 4. The lowest BCUT2D eigenvalue weighted by molar-refractivity contribution is -0.899. The average molecular weight is 325 g/mol. The van der Waals surface area contributed by atoms with Crippen molar-refractivity contribution in [1.29, 1.82) is 0 Å². The number of aromatic nitrogens is 1. The van der Waals surface area contributed by atoms with Gasteiger partial charge in [0.15, 0.2) is 0 Å². The highest BCUT2D eigenvalue weighted by Gasteiger charge is 2.41. The Balaban J connectivity index is 1.91. The molecule has 0 saturated carbocycles. The summed E-state index contributed by atoms with van der Waals surface area (Å²) >= 11 is 0. The standard InChI is InChI=1S/C19H24N4O/c1-14(2)23(11-5-8-21-23)13-17-15(3)12-19(4,22-18(17)24)16-6-9-20-10-7-16/h5-11,14H,12-13H2,1-4H3/p+1. The predicted molar refractivity (Wildman–Crippen MR) is 94.9 cm³/mol. The highest BCUT2D eigenvalue weighted by Crippen LogP contribution is 2.35. The number of hydrogen-bond acceptors (Lipinski definition) is 3. The van der Waals surface area contributed by atoms with Gasteiger partial charge in [0.25, 0.3) is 5.91 Å². The van der Waals surface area contributed by atoms with Crippen molar-refractivity contribution in [3.63, 3.8) is 0 Å². The first-order chi connectivity index (χ1) is 11.4. The normalized spacial score (nSPS) is 29.5. The maximum atomic E-state index is 12.9. The highest BCUT2D eigenvalue weighted by atomic mass is 16.2. The minimum absolute atomic E-state index is 0.00622. The number of hydrogen-bond donors (Lipinski definition) is 1. The third-order valence-electron chi connectivity index (χ3n) is 5.13. The molecule has 3 heterocycles. The van der Waals surface area contributed by atoms with Crippen molar-refractivity contribution < 1.29 is 9.39 Å². The summed E-state index contributed by atoms with van der Waals surface area (Å²) in [6.45, 7) is 8.99. The van der Waals surface area contributed by atoms with Gasteiger partial charge in [-0.25, -0.2) is 0 Å². The Bertz CT molecular complexity index is 721. The molecule has 2 aliphatic rings. The zero-order chi connectivity index (χ0) is 17.4. The van der Waals surface area contributed by atoms with E-state index in [0.717, 1.165) is 23.1 Å². The molecule has 1 amide bonds. The van der Waals surface area contributed by atoms with Gasteiger partial charge in [0.1, 0.15) is 18.8 Å². The molecule has 2 aliphatic heterocycles. The van der Waals surface area contributed by atoms with Crippen LogP contribution in [-0.2, 0) is 10.3 Å². The van der Waals surface area contributed by atoms with Crippen LogP contribution in [0.25, 0.3) is 0 Å². The van der Waals surface area contributed by atoms with Crippen molar-refractivity contribution in [1.82, 2.24) is 10.3 Å². The van der Waals surface area contributed by atoms with Crippen LogP contribution in [0, 0.1) is 0 Å². The molecule has 1 aromatic heterocycles. The van der Waals surface area contributed by atoms with E-state index in [1.807, 2.05) is 24.4 Å². The molecule has 126 valence electrons. The number of carbonyl (C=O) groups excluding carboxylic acids is 1. The second-order valence-electron chi connectivity index (χ2n) is 7.20. The van der Waals surface area contributed by atoms with Crippen LogP contribution in [0.15, 0.2) is 53.1 Å². The number of quaternary nitrogens is 1. The van der Waals surface area contributed by atoms with E-state index in [1.165, 1.54) is 0 Å². The molecule has 0 aliphatic carbocycles. The number of carbonyl (C=O) groups is 1. The van der Waals surface area contributed by atoms with Crippen molar-refractivity contribution in [2.75, 3.05) is 6.54 Å². The van der Waals surface area contributed by atoms with Crippen molar-refractivity contribution in [2.45, 2.75) is 45.7 Å². The monoisotopic (exact) mass is 325 g/mol. The number of allylic oxidation sites excluding steroid dienone is 1. The molecule has 3 rings (SSSR count). The van der Waals surface area contributed by atoms with E-state index >= 15 is 0 Å². The maximum Gasteiger partial charge on any atom is 0.253 e. The Kier molecular flexibility index (Phi) is 4.13. The second-order valence-corrected chi connectivity index (χ2v) is 7.20. The molecule has 1 aromatic rings. The predicted octanol–water partition coefficient (Wildman–Crippen LogP) is 2.87. The molecule has 5 nitrogen and oxygen atoms in total. The van der Waals surface area contributed by atoms with Crippen molar-refractivity contribution in [3.8, 4) is 0 Å². The lowest BCUT2D eigenvalue weighted by atomic mass is 9.81. The van der Waals surface area contributed by atoms with Crippen molar-refractivity contribution in [3.05, 3.63) is 53.5 Å². The maximum absolute atomic E-state index is 12.9. The lowest BCUT2D eigenvalue weighted by Gasteiger charge is -2.38. The molecular formula is C19H25N4O+. The van der Waals surface area contributed by atoms with Gasteiger partial charge >= 0.3 is 0 Å². The minimum atomic E-state index is -0.389. The van der Waals surface area contributed by atoms with E-state index in [2.05, 4.69) is 49.3 Å². The molecule has 0 fully saturated rings. The van der Waals surface area contributed by atoms with Crippen LogP contribution < -0.4 is 5.32 Å². The Hall–Kier alpha value is -2.27. The van der Waals surface area contributed by atoms with E-state index in [1.54, 1.807) is 12.4 Å². The van der Waals surface area contributed by atoms with Gasteiger partial charge in [0.2, 0.25) is 0 Å². The fourth-order valence-electron chi connectivity index (χ4n) is 3.53. The summed E-state index contributed by atoms with van der Waals surface area (Å²) in [5, 5.41) is 7.81. The molecule has 24 heavy (non-hydrogen) atoms. The SMILES string of the molecule is CC1=C(C[N+]2(C(C)C)C=CC=N2)C(=O)NC(C)(c2ccncc2)C1. The van der Waals surface area contributed by atoms with Gasteiger partial charge < -0.3 is 5.32 Å². The summed E-state index contributed by atoms with van der Waals surface area (Å²) < 4.78 is 0.450. The summed E-state index contributed by atoms with van der Waals surface area (Å²) in [7, 11) is 0. The lowest BCUT2D eigenvalue weighted by Crippen LogP contribution is -2.52. The highest BCUT2D eigenvalue weighted by molar-refractivity contribution is 5.96. The third kappa shape index (κ3) is 2.80. The van der Waals surface area contributed by atoms with Crippen LogP contribution in [0.4, 0.5) is 0 Å². The van der Waals surface area contributed by atoms with Crippen LogP contribution in [0.1, 0.15) is 39.7 Å². The largest absolute Gasteiger partial charge is 0.343 e. The quantitative estimate of drug-likeness (QED) is 0.866. The molecule has 0 saturated heterocycles. The Labute approximate surface area is 143 Å². The van der Waals surface area contributed by atoms with Crippen LogP contribution in [0.2, 0.25) is 0 Å². The number of nitrogens with zero attached hydrogens (tertiary/aromatic N) is 3. The van der Waals surface area contributed by atoms with Gasteiger partial charge in [0, 0.05) is 18.5 Å². The first-order valence-corrected chi connectivity index (χ1v) is 8.39. The third-order valence-corrected chi connectivity index (χ3v) is 5.13. The summed E-state index contributed by atoms with van der Waals surface area (Å²) in [5.41, 5.74) is 2.67. The summed E-state index contributed by atoms with van der Waals surface area (Å²) in [6.07, 6.45) is 10.2. The average Bonchev–Trinajstić information content (AvgIpc) is 3.02. The molecule has 0 radical (unpaired) electrons. The Morgan fingerprint density at radius 1 is 1.33 bits per heavy atom. The molecule has 5 heteroatoms. The van der Waals surface area contributed by atoms with Crippen molar-refractivity contribution in [2.24, 2.45) is 5.10 Å². The number of nitrogens with one attached hydrogen (secondary N) is 1. The molecular weight excluding hydrogens is 300 g/mol. The fraction of sp³-hybridized carbons (Fsp3) is 0.421. The Morgan fingerprint density at radius 3 is 2.58 bits per heavy atom. The second kappa shape index (κ2) is 5.98. The van der Waals surface area contributed by atoms with Gasteiger partial charge in [-0.05, 0) is 51.8 Å². The van der Waals surface area contributed by atoms with Crippen LogP contribution in [0.5, 0.6) is 0 Å². The zero-order valence-corrected chi connectivity index (χ0v) is 14.8. The van der Waals surface area contributed by atoms with Gasteiger partial charge in [-0.2, -0.15) is 4.59 Å². The minimum Gasteiger partial charge on any atom is -0.343 e. The number of pyridine rings is 1. The molecule has 2 unspecified atom stereocenters. The fourth-order valence-corrected chi connectivity index (χ4v) is 3.53. The van der Waals surface area contributed by atoms with Crippen molar-refractivity contribution >= 4 is 12.1 Å². The van der Waals surface area contributed by atoms with E-state index in [0.29, 0.717) is 11.1 Å². The molecule has 1 N–H and O–H groups in total. The Morgan fingerprint density at radius 2 is 2.04 bits per heavy atom. The summed E-state index contributed by atoms with van der Waals surface area (Å²) in [5.74, 6) is 0.00622.